The summed E-state index contributed by atoms with van der Waals surface area (Å²) in [6.45, 7) is -0.156. The summed E-state index contributed by atoms with van der Waals surface area (Å²) in [6.07, 6.45) is 1.75. The first-order valence-corrected chi connectivity index (χ1v) is 12.0. The second-order valence-corrected chi connectivity index (χ2v) is 9.38. The van der Waals surface area contributed by atoms with Crippen LogP contribution < -0.4 is 15.4 Å². The van der Waals surface area contributed by atoms with E-state index in [-0.39, 0.29) is 36.2 Å². The van der Waals surface area contributed by atoms with Gasteiger partial charge in [0.15, 0.2) is 18.2 Å². The van der Waals surface area contributed by atoms with Crippen LogP contribution in [0.5, 0.6) is 5.75 Å². The van der Waals surface area contributed by atoms with Crippen LogP contribution in [0.3, 0.4) is 0 Å². The summed E-state index contributed by atoms with van der Waals surface area (Å²) in [6, 6.07) is 12.3. The minimum absolute atomic E-state index is 0.0582. The third kappa shape index (κ3) is 6.96. The van der Waals surface area contributed by atoms with Crippen molar-refractivity contribution in [1.82, 2.24) is 14.3 Å². The van der Waals surface area contributed by atoms with Crippen molar-refractivity contribution in [1.29, 1.82) is 0 Å². The zero-order valence-corrected chi connectivity index (χ0v) is 20.3. The Labute approximate surface area is 207 Å². The molecule has 1 aromatic heterocycles. The number of rotatable bonds is 12. The minimum atomic E-state index is -3.74. The molecule has 0 unspecified atom stereocenters. The zero-order chi connectivity index (χ0) is 26.1. The summed E-state index contributed by atoms with van der Waals surface area (Å²) in [5.41, 5.74) is 0.992. The number of carbonyl (C=O) groups excluding carboxylic acids is 2. The monoisotopic (exact) mass is 517 g/mol. The van der Waals surface area contributed by atoms with Gasteiger partial charge in [0.05, 0.1) is 18.2 Å². The summed E-state index contributed by atoms with van der Waals surface area (Å²) < 4.78 is 50.3. The van der Waals surface area contributed by atoms with Crippen molar-refractivity contribution in [2.45, 2.75) is 11.3 Å². The lowest BCUT2D eigenvalue weighted by Gasteiger charge is -2.16. The molecule has 3 rings (SSSR count). The highest BCUT2D eigenvalue weighted by molar-refractivity contribution is 7.89. The van der Waals surface area contributed by atoms with Gasteiger partial charge in [0.1, 0.15) is 12.0 Å². The Balaban J connectivity index is 1.67. The van der Waals surface area contributed by atoms with E-state index in [1.807, 2.05) is 0 Å². The predicted octanol–water partition coefficient (Wildman–Crippen LogP) is 2.86. The van der Waals surface area contributed by atoms with E-state index in [4.69, 9.17) is 4.74 Å². The fourth-order valence-corrected chi connectivity index (χ4v) is 4.05. The number of ether oxygens (including phenoxy) is 2. The van der Waals surface area contributed by atoms with Crippen LogP contribution >= 0.6 is 0 Å². The number of esters is 1. The molecule has 2 aromatic carbocycles. The average Bonchev–Trinajstić information content (AvgIpc) is 2.88. The third-order valence-corrected chi connectivity index (χ3v) is 6.70. The van der Waals surface area contributed by atoms with Gasteiger partial charge in [-0.05, 0) is 48.5 Å². The number of methoxy groups -OCH3 is 1. The lowest BCUT2D eigenvalue weighted by Crippen LogP contribution is -2.28. The van der Waals surface area contributed by atoms with Gasteiger partial charge in [-0.1, -0.05) is 0 Å². The van der Waals surface area contributed by atoms with Crippen molar-refractivity contribution in [3.63, 3.8) is 0 Å². The van der Waals surface area contributed by atoms with Gasteiger partial charge in [-0.25, -0.2) is 26.9 Å². The SMILES string of the molecule is COC(=O)COc1ccc(Nc2nc(Nc3ccc(S(=O)(=O)N(C)CCC=O)cc3)ncc2F)cc1. The van der Waals surface area contributed by atoms with Crippen LogP contribution in [0.2, 0.25) is 0 Å². The van der Waals surface area contributed by atoms with Crippen molar-refractivity contribution >= 4 is 45.4 Å². The van der Waals surface area contributed by atoms with Gasteiger partial charge in [0.25, 0.3) is 0 Å². The number of hydrogen-bond acceptors (Lipinski definition) is 10. The molecule has 0 saturated carbocycles. The molecule has 0 aliphatic rings. The Morgan fingerprint density at radius 2 is 1.72 bits per heavy atom. The Hall–Kier alpha value is -4.10. The number of nitrogens with one attached hydrogen (secondary N) is 2. The number of halogens is 1. The Kier molecular flexibility index (Phi) is 8.86. The molecule has 0 amide bonds. The lowest BCUT2D eigenvalue weighted by atomic mass is 10.3. The molecule has 0 atom stereocenters. The topological polar surface area (TPSA) is 140 Å². The number of carbonyl (C=O) groups is 2. The molecule has 11 nitrogen and oxygen atoms in total. The molecule has 13 heteroatoms. The number of aromatic nitrogens is 2. The van der Waals surface area contributed by atoms with E-state index in [1.165, 1.54) is 38.4 Å². The molecule has 3 aromatic rings. The second kappa shape index (κ2) is 12.0. The number of nitrogens with zero attached hydrogens (tertiary/aromatic N) is 3. The van der Waals surface area contributed by atoms with Crippen LogP contribution in [0.1, 0.15) is 6.42 Å². The van der Waals surface area contributed by atoms with E-state index >= 15 is 0 Å². The fraction of sp³-hybridized carbons (Fsp3) is 0.217. The molecule has 0 radical (unpaired) electrons. The number of benzene rings is 2. The van der Waals surface area contributed by atoms with Crippen LogP contribution in [0.25, 0.3) is 0 Å². The van der Waals surface area contributed by atoms with E-state index in [0.717, 1.165) is 10.5 Å². The molecule has 0 bridgehead atoms. The largest absolute Gasteiger partial charge is 0.482 e. The first-order valence-electron chi connectivity index (χ1n) is 10.6. The summed E-state index contributed by atoms with van der Waals surface area (Å²) in [5, 5.41) is 5.73. The highest BCUT2D eigenvalue weighted by Gasteiger charge is 2.20. The van der Waals surface area contributed by atoms with E-state index in [2.05, 4.69) is 25.3 Å². The first kappa shape index (κ1) is 26.5. The average molecular weight is 518 g/mol. The van der Waals surface area contributed by atoms with Crippen molar-refractivity contribution in [2.24, 2.45) is 0 Å². The predicted molar refractivity (Wildman–Crippen MR) is 129 cm³/mol. The molecule has 2 N–H and O–H groups in total. The Morgan fingerprint density at radius 1 is 1.08 bits per heavy atom. The van der Waals surface area contributed by atoms with Gasteiger partial charge in [0, 0.05) is 31.4 Å². The summed E-state index contributed by atoms with van der Waals surface area (Å²) >= 11 is 0. The Bertz CT molecular complexity index is 1300. The quantitative estimate of drug-likeness (QED) is 0.272. The van der Waals surface area contributed by atoms with Crippen LogP contribution in [-0.2, 0) is 24.3 Å². The lowest BCUT2D eigenvalue weighted by molar-refractivity contribution is -0.142. The number of sulfonamides is 1. The Morgan fingerprint density at radius 3 is 2.36 bits per heavy atom. The molecular formula is C23H24FN5O6S. The van der Waals surface area contributed by atoms with Crippen LogP contribution in [0.4, 0.5) is 27.5 Å². The minimum Gasteiger partial charge on any atom is -0.482 e. The zero-order valence-electron chi connectivity index (χ0n) is 19.5. The highest BCUT2D eigenvalue weighted by atomic mass is 32.2. The van der Waals surface area contributed by atoms with Crippen molar-refractivity contribution in [3.05, 3.63) is 60.5 Å². The molecule has 36 heavy (non-hydrogen) atoms. The van der Waals surface area contributed by atoms with Gasteiger partial charge >= 0.3 is 5.97 Å². The number of aldehydes is 1. The molecule has 0 fully saturated rings. The van der Waals surface area contributed by atoms with Gasteiger partial charge in [0.2, 0.25) is 16.0 Å². The molecule has 0 spiro atoms. The standard InChI is InChI=1S/C23H24FN5O6S/c1-29(12-3-13-30)36(32,33)19-10-6-17(7-11-19)27-23-25-14-20(24)22(28-23)26-16-4-8-18(9-5-16)35-15-21(31)34-2/h4-11,13-14H,3,12,15H2,1-2H3,(H2,25,26,27,28). The molecule has 190 valence electrons. The second-order valence-electron chi connectivity index (χ2n) is 7.34. The maximum atomic E-state index is 14.3. The molecule has 0 aliphatic carbocycles. The summed E-state index contributed by atoms with van der Waals surface area (Å²) in [7, 11) is -1.08. The first-order chi connectivity index (χ1) is 17.2. The van der Waals surface area contributed by atoms with Gasteiger partial charge in [-0.15, -0.1) is 0 Å². The van der Waals surface area contributed by atoms with E-state index in [1.54, 1.807) is 24.3 Å². The van der Waals surface area contributed by atoms with Crippen molar-refractivity contribution in [2.75, 3.05) is 37.9 Å². The smallest absolute Gasteiger partial charge is 0.343 e. The molecule has 1 heterocycles. The molecular weight excluding hydrogens is 493 g/mol. The van der Waals surface area contributed by atoms with Crippen LogP contribution in [0, 0.1) is 5.82 Å². The van der Waals surface area contributed by atoms with Crippen LogP contribution in [-0.4, -0.2) is 62.3 Å². The highest BCUT2D eigenvalue weighted by Crippen LogP contribution is 2.23. The van der Waals surface area contributed by atoms with E-state index < -0.39 is 21.8 Å². The third-order valence-electron chi connectivity index (χ3n) is 4.83. The van der Waals surface area contributed by atoms with Gasteiger partial charge in [-0.2, -0.15) is 4.98 Å². The van der Waals surface area contributed by atoms with Crippen LogP contribution in [0.15, 0.2) is 59.6 Å². The van der Waals surface area contributed by atoms with Crippen molar-refractivity contribution in [3.8, 4) is 5.75 Å². The normalized spacial score (nSPS) is 11.1. The summed E-state index contributed by atoms with van der Waals surface area (Å²) in [5.74, 6) is -0.788. The van der Waals surface area contributed by atoms with Gasteiger partial charge < -0.3 is 24.9 Å². The summed E-state index contributed by atoms with van der Waals surface area (Å²) in [4.78, 5) is 29.8. The maximum absolute atomic E-state index is 14.3. The van der Waals surface area contributed by atoms with Crippen molar-refractivity contribution < 1.29 is 31.9 Å². The molecule has 0 saturated heterocycles. The van der Waals surface area contributed by atoms with E-state index in [0.29, 0.717) is 23.4 Å². The van der Waals surface area contributed by atoms with Gasteiger partial charge in [-0.3, -0.25) is 0 Å². The van der Waals surface area contributed by atoms with E-state index in [9.17, 15) is 22.4 Å². The number of anilines is 4. The molecule has 0 aliphatic heterocycles. The number of hydrogen-bond donors (Lipinski definition) is 2. The maximum Gasteiger partial charge on any atom is 0.343 e. The fourth-order valence-electron chi connectivity index (χ4n) is 2.86.